The highest BCUT2D eigenvalue weighted by molar-refractivity contribution is 5.85. The van der Waals surface area contributed by atoms with E-state index in [1.54, 1.807) is 6.07 Å². The number of carbonyl (C=O) groups is 1. The van der Waals surface area contributed by atoms with Gasteiger partial charge in [0.05, 0.1) is 0 Å². The molecule has 0 fully saturated rings. The number of furan rings is 1. The minimum atomic E-state index is -1.07. The molecule has 1 aromatic carbocycles. The smallest absolute Gasteiger partial charge is 0.371 e. The van der Waals surface area contributed by atoms with Gasteiger partial charge in [-0.25, -0.2) is 4.79 Å². The Morgan fingerprint density at radius 1 is 1.31 bits per heavy atom. The number of hydrogen-bond donors (Lipinski definition) is 2. The van der Waals surface area contributed by atoms with Gasteiger partial charge in [0.25, 0.3) is 0 Å². The maximum atomic E-state index is 10.7. The Kier molecular flexibility index (Phi) is 2.74. The number of rotatable bonds is 3. The minimum Gasteiger partial charge on any atom is -0.475 e. The number of aromatic carboxylic acids is 1. The molecule has 0 amide bonds. The van der Waals surface area contributed by atoms with Crippen LogP contribution in [0, 0.1) is 0 Å². The molecule has 0 radical (unpaired) electrons. The molecule has 16 heavy (non-hydrogen) atoms. The van der Waals surface area contributed by atoms with Crippen LogP contribution in [0.15, 0.2) is 40.8 Å². The molecule has 3 N–H and O–H groups in total. The molecule has 0 aliphatic rings. The van der Waals surface area contributed by atoms with E-state index in [9.17, 15) is 4.79 Å². The third-order valence-corrected chi connectivity index (χ3v) is 2.26. The summed E-state index contributed by atoms with van der Waals surface area (Å²) in [6.45, 7) is 0.445. The fraction of sp³-hybridized carbons (Fsp3) is 0.0833. The maximum absolute atomic E-state index is 10.7. The van der Waals surface area contributed by atoms with Crippen LogP contribution in [-0.4, -0.2) is 11.1 Å². The number of nitrogens with two attached hydrogens (primary N) is 1. The molecule has 1 aromatic heterocycles. The summed E-state index contributed by atoms with van der Waals surface area (Å²) in [4.78, 5) is 10.7. The van der Waals surface area contributed by atoms with Gasteiger partial charge >= 0.3 is 5.97 Å². The zero-order valence-electron chi connectivity index (χ0n) is 8.51. The van der Waals surface area contributed by atoms with E-state index in [0.29, 0.717) is 12.3 Å². The molecule has 0 unspecified atom stereocenters. The highest BCUT2D eigenvalue weighted by atomic mass is 16.4. The second-order valence-electron chi connectivity index (χ2n) is 3.37. The number of hydrogen-bond acceptors (Lipinski definition) is 3. The molecule has 82 valence electrons. The van der Waals surface area contributed by atoms with Gasteiger partial charge in [-0.2, -0.15) is 0 Å². The van der Waals surface area contributed by atoms with Crippen molar-refractivity contribution in [3.63, 3.8) is 0 Å². The molecule has 0 aliphatic heterocycles. The first kappa shape index (κ1) is 10.4. The molecule has 0 aliphatic carbocycles. The largest absolute Gasteiger partial charge is 0.475 e. The van der Waals surface area contributed by atoms with Crippen LogP contribution in [0.4, 0.5) is 0 Å². The van der Waals surface area contributed by atoms with Crippen molar-refractivity contribution >= 4 is 5.97 Å². The summed E-state index contributed by atoms with van der Waals surface area (Å²) in [5.41, 5.74) is 7.33. The first-order valence-electron chi connectivity index (χ1n) is 4.83. The average Bonchev–Trinajstić information content (AvgIpc) is 2.78. The summed E-state index contributed by atoms with van der Waals surface area (Å²) in [6, 6.07) is 10.6. The molecule has 0 atom stereocenters. The lowest BCUT2D eigenvalue weighted by Crippen LogP contribution is -1.95. The van der Waals surface area contributed by atoms with Gasteiger partial charge < -0.3 is 15.3 Å². The quantitative estimate of drug-likeness (QED) is 0.825. The Balaban J connectivity index is 2.38. The third kappa shape index (κ3) is 1.97. The fourth-order valence-electron chi connectivity index (χ4n) is 1.46. The molecular formula is C12H11NO3. The summed E-state index contributed by atoms with van der Waals surface area (Å²) in [7, 11) is 0. The lowest BCUT2D eigenvalue weighted by atomic mass is 10.1. The Morgan fingerprint density at radius 2 is 2.12 bits per heavy atom. The highest BCUT2D eigenvalue weighted by Gasteiger charge is 2.10. The van der Waals surface area contributed by atoms with Crippen LogP contribution in [0.2, 0.25) is 0 Å². The lowest BCUT2D eigenvalue weighted by Gasteiger charge is -2.00. The topological polar surface area (TPSA) is 76.5 Å². The van der Waals surface area contributed by atoms with Gasteiger partial charge in [-0.15, -0.1) is 0 Å². The molecule has 1 heterocycles. The van der Waals surface area contributed by atoms with Gasteiger partial charge in [0.15, 0.2) is 0 Å². The zero-order valence-corrected chi connectivity index (χ0v) is 8.51. The second kappa shape index (κ2) is 4.20. The van der Waals surface area contributed by atoms with Gasteiger partial charge in [0.2, 0.25) is 5.76 Å². The van der Waals surface area contributed by atoms with Crippen molar-refractivity contribution in [3.8, 4) is 11.3 Å². The average molecular weight is 217 g/mol. The molecule has 4 nitrogen and oxygen atoms in total. The first-order valence-corrected chi connectivity index (χ1v) is 4.83. The van der Waals surface area contributed by atoms with Crippen molar-refractivity contribution in [2.45, 2.75) is 6.54 Å². The normalized spacial score (nSPS) is 10.3. The molecule has 0 saturated heterocycles. The molecule has 0 bridgehead atoms. The van der Waals surface area contributed by atoms with E-state index in [-0.39, 0.29) is 5.76 Å². The summed E-state index contributed by atoms with van der Waals surface area (Å²) in [5.74, 6) is -0.595. The molecule has 0 spiro atoms. The van der Waals surface area contributed by atoms with Gasteiger partial charge in [0, 0.05) is 12.1 Å². The van der Waals surface area contributed by atoms with Crippen molar-refractivity contribution in [1.82, 2.24) is 0 Å². The van der Waals surface area contributed by atoms with Crippen LogP contribution >= 0.6 is 0 Å². The van der Waals surface area contributed by atoms with Crippen LogP contribution in [0.5, 0.6) is 0 Å². The Hall–Kier alpha value is -2.07. The van der Waals surface area contributed by atoms with Crippen LogP contribution in [0.25, 0.3) is 11.3 Å². The summed E-state index contributed by atoms with van der Waals surface area (Å²) in [6.07, 6.45) is 0. The predicted molar refractivity (Wildman–Crippen MR) is 59.0 cm³/mol. The Labute approximate surface area is 92.3 Å². The maximum Gasteiger partial charge on any atom is 0.371 e. The van der Waals surface area contributed by atoms with E-state index in [1.165, 1.54) is 6.07 Å². The third-order valence-electron chi connectivity index (χ3n) is 2.26. The Morgan fingerprint density at radius 3 is 2.75 bits per heavy atom. The van der Waals surface area contributed by atoms with Gasteiger partial charge in [-0.1, -0.05) is 18.2 Å². The van der Waals surface area contributed by atoms with E-state index in [2.05, 4.69) is 0 Å². The van der Waals surface area contributed by atoms with Crippen molar-refractivity contribution in [2.24, 2.45) is 5.73 Å². The second-order valence-corrected chi connectivity index (χ2v) is 3.37. The van der Waals surface area contributed by atoms with Crippen LogP contribution in [-0.2, 0) is 6.54 Å². The van der Waals surface area contributed by atoms with Gasteiger partial charge in [-0.3, -0.25) is 0 Å². The SMILES string of the molecule is NCc1cccc(-c2ccc(C(=O)O)o2)c1. The molecule has 2 aromatic rings. The molecular weight excluding hydrogens is 206 g/mol. The summed E-state index contributed by atoms with van der Waals surface area (Å²) < 4.78 is 5.19. The number of carboxylic acid groups (broad SMARTS) is 1. The van der Waals surface area contributed by atoms with E-state index >= 15 is 0 Å². The van der Waals surface area contributed by atoms with Crippen molar-refractivity contribution in [2.75, 3.05) is 0 Å². The number of benzene rings is 1. The summed E-state index contributed by atoms with van der Waals surface area (Å²) >= 11 is 0. The number of carboxylic acids is 1. The predicted octanol–water partition coefficient (Wildman–Crippen LogP) is 2.10. The minimum absolute atomic E-state index is 0.0619. The van der Waals surface area contributed by atoms with Crippen LogP contribution < -0.4 is 5.73 Å². The zero-order chi connectivity index (χ0) is 11.5. The monoisotopic (exact) mass is 217 g/mol. The van der Waals surface area contributed by atoms with Crippen molar-refractivity contribution in [1.29, 1.82) is 0 Å². The van der Waals surface area contributed by atoms with Crippen LogP contribution in [0.3, 0.4) is 0 Å². The van der Waals surface area contributed by atoms with E-state index < -0.39 is 5.97 Å². The van der Waals surface area contributed by atoms with Crippen molar-refractivity contribution in [3.05, 3.63) is 47.7 Å². The molecule has 4 heteroatoms. The molecule has 2 rings (SSSR count). The first-order chi connectivity index (χ1) is 7.70. The van der Waals surface area contributed by atoms with Gasteiger partial charge in [-0.05, 0) is 23.8 Å². The highest BCUT2D eigenvalue weighted by Crippen LogP contribution is 2.22. The fourth-order valence-corrected chi connectivity index (χ4v) is 1.46. The standard InChI is InChI=1S/C12H11NO3/c13-7-8-2-1-3-9(6-8)10-4-5-11(16-10)12(14)15/h1-6H,7,13H2,(H,14,15). The van der Waals surface area contributed by atoms with E-state index in [0.717, 1.165) is 11.1 Å². The molecule has 0 saturated carbocycles. The Bertz CT molecular complexity index is 516. The van der Waals surface area contributed by atoms with E-state index in [1.807, 2.05) is 24.3 Å². The van der Waals surface area contributed by atoms with E-state index in [4.69, 9.17) is 15.3 Å². The van der Waals surface area contributed by atoms with Gasteiger partial charge in [0.1, 0.15) is 5.76 Å². The summed E-state index contributed by atoms with van der Waals surface area (Å²) in [5, 5.41) is 8.73. The van der Waals surface area contributed by atoms with Crippen LogP contribution in [0.1, 0.15) is 16.1 Å². The van der Waals surface area contributed by atoms with Crippen molar-refractivity contribution < 1.29 is 14.3 Å². The lowest BCUT2D eigenvalue weighted by molar-refractivity contribution is 0.0663.